The van der Waals surface area contributed by atoms with Crippen LogP contribution >= 0.6 is 0 Å². The van der Waals surface area contributed by atoms with Gasteiger partial charge in [-0.3, -0.25) is 5.32 Å². The average Bonchev–Trinajstić information content (AvgIpc) is 2.79. The summed E-state index contributed by atoms with van der Waals surface area (Å²) in [5, 5.41) is 3.25. The number of fused-ring (bicyclic) bond motifs is 1. The number of carbonyl (C=O) groups excluding carboxylic acids is 2. The lowest BCUT2D eigenvalue weighted by molar-refractivity contribution is 0.0526. The van der Waals surface area contributed by atoms with Gasteiger partial charge in [0.1, 0.15) is 23.0 Å². The number of benzene rings is 1. The Morgan fingerprint density at radius 1 is 1.27 bits per heavy atom. The molecule has 0 aliphatic rings. The van der Waals surface area contributed by atoms with Crippen LogP contribution in [0.15, 0.2) is 28.9 Å². The highest BCUT2D eigenvalue weighted by molar-refractivity contribution is 6.04. The van der Waals surface area contributed by atoms with Gasteiger partial charge in [-0.1, -0.05) is 0 Å². The summed E-state index contributed by atoms with van der Waals surface area (Å²) in [5.41, 5.74) is 0.791. The van der Waals surface area contributed by atoms with Crippen molar-refractivity contribution in [3.63, 3.8) is 0 Å². The van der Waals surface area contributed by atoms with Crippen LogP contribution in [0.1, 0.15) is 38.1 Å². The summed E-state index contributed by atoms with van der Waals surface area (Å²) >= 11 is 0. The SMILES string of the molecule is CCOC(=O)c1coc2cc(NC(=O)OC(C)(C)C)ccc12. The number of nitrogens with one attached hydrogen (secondary N) is 1. The molecular weight excluding hydrogens is 286 g/mol. The van der Waals surface area contributed by atoms with Crippen molar-refractivity contribution in [2.45, 2.75) is 33.3 Å². The lowest BCUT2D eigenvalue weighted by Gasteiger charge is -2.19. The molecule has 0 aliphatic heterocycles. The Balaban J connectivity index is 2.18. The second-order valence-electron chi connectivity index (χ2n) is 5.71. The summed E-state index contributed by atoms with van der Waals surface area (Å²) in [6.45, 7) is 7.39. The molecule has 6 heteroatoms. The minimum atomic E-state index is -0.573. The first-order chi connectivity index (χ1) is 10.3. The molecule has 2 aromatic rings. The zero-order valence-electron chi connectivity index (χ0n) is 13.1. The van der Waals surface area contributed by atoms with Crippen LogP contribution in [0.5, 0.6) is 0 Å². The third-order valence-corrected chi connectivity index (χ3v) is 2.72. The molecule has 1 aromatic heterocycles. The van der Waals surface area contributed by atoms with Gasteiger partial charge in [-0.05, 0) is 39.8 Å². The molecule has 22 heavy (non-hydrogen) atoms. The van der Waals surface area contributed by atoms with Crippen LogP contribution in [0.4, 0.5) is 10.5 Å². The molecule has 6 nitrogen and oxygen atoms in total. The Labute approximate surface area is 128 Å². The van der Waals surface area contributed by atoms with Crippen molar-refractivity contribution in [3.8, 4) is 0 Å². The van der Waals surface area contributed by atoms with Gasteiger partial charge in [0.2, 0.25) is 0 Å². The van der Waals surface area contributed by atoms with E-state index in [1.807, 2.05) is 0 Å². The molecule has 2 rings (SSSR count). The number of hydrogen-bond donors (Lipinski definition) is 1. The Morgan fingerprint density at radius 3 is 2.64 bits per heavy atom. The lowest BCUT2D eigenvalue weighted by Crippen LogP contribution is -2.27. The van der Waals surface area contributed by atoms with Gasteiger partial charge in [-0.2, -0.15) is 0 Å². The minimum absolute atomic E-state index is 0.295. The number of furan rings is 1. The first kappa shape index (κ1) is 15.9. The molecule has 0 atom stereocenters. The molecule has 1 aromatic carbocycles. The van der Waals surface area contributed by atoms with E-state index in [0.717, 1.165) is 0 Å². The van der Waals surface area contributed by atoms with Crippen molar-refractivity contribution < 1.29 is 23.5 Å². The van der Waals surface area contributed by atoms with E-state index in [-0.39, 0.29) is 0 Å². The Kier molecular flexibility index (Phi) is 4.40. The lowest BCUT2D eigenvalue weighted by atomic mass is 10.1. The summed E-state index contributed by atoms with van der Waals surface area (Å²) < 4.78 is 15.5. The smallest absolute Gasteiger partial charge is 0.412 e. The van der Waals surface area contributed by atoms with Crippen LogP contribution in [0.2, 0.25) is 0 Å². The van der Waals surface area contributed by atoms with E-state index in [2.05, 4.69) is 5.32 Å². The van der Waals surface area contributed by atoms with Gasteiger partial charge in [0, 0.05) is 17.1 Å². The van der Waals surface area contributed by atoms with Crippen molar-refractivity contribution in [1.82, 2.24) is 0 Å². The molecule has 0 fully saturated rings. The van der Waals surface area contributed by atoms with Crippen LogP contribution in [0.25, 0.3) is 11.0 Å². The summed E-state index contributed by atoms with van der Waals surface area (Å²) in [5.74, 6) is -0.436. The number of hydrogen-bond acceptors (Lipinski definition) is 5. The summed E-state index contributed by atoms with van der Waals surface area (Å²) in [7, 11) is 0. The topological polar surface area (TPSA) is 77.8 Å². The molecule has 0 unspecified atom stereocenters. The van der Waals surface area contributed by atoms with Crippen molar-refractivity contribution in [3.05, 3.63) is 30.0 Å². The molecule has 1 amide bonds. The summed E-state index contributed by atoms with van der Waals surface area (Å²) in [6.07, 6.45) is 0.795. The quantitative estimate of drug-likeness (QED) is 0.868. The average molecular weight is 305 g/mol. The van der Waals surface area contributed by atoms with E-state index in [9.17, 15) is 9.59 Å². The van der Waals surface area contributed by atoms with E-state index in [0.29, 0.717) is 28.8 Å². The fourth-order valence-corrected chi connectivity index (χ4v) is 1.89. The van der Waals surface area contributed by atoms with E-state index >= 15 is 0 Å². The molecule has 0 aliphatic carbocycles. The first-order valence-electron chi connectivity index (χ1n) is 6.98. The predicted octanol–water partition coefficient (Wildman–Crippen LogP) is 3.96. The van der Waals surface area contributed by atoms with E-state index in [1.54, 1.807) is 45.9 Å². The standard InChI is InChI=1S/C16H19NO5/c1-5-20-14(18)12-9-21-13-8-10(6-7-11(12)13)17-15(19)22-16(2,3)4/h6-9H,5H2,1-4H3,(H,17,19). The van der Waals surface area contributed by atoms with Crippen LogP contribution in [-0.4, -0.2) is 24.3 Å². The van der Waals surface area contributed by atoms with Crippen LogP contribution in [0.3, 0.4) is 0 Å². The molecular formula is C16H19NO5. The molecule has 0 spiro atoms. The zero-order valence-corrected chi connectivity index (χ0v) is 13.1. The van der Waals surface area contributed by atoms with Gasteiger partial charge in [-0.25, -0.2) is 9.59 Å². The number of amides is 1. The highest BCUT2D eigenvalue weighted by atomic mass is 16.6. The maximum absolute atomic E-state index is 11.8. The normalized spacial score (nSPS) is 11.3. The van der Waals surface area contributed by atoms with E-state index in [4.69, 9.17) is 13.9 Å². The minimum Gasteiger partial charge on any atom is -0.463 e. The third kappa shape index (κ3) is 3.78. The van der Waals surface area contributed by atoms with Gasteiger partial charge in [0.15, 0.2) is 0 Å². The molecule has 1 N–H and O–H groups in total. The Bertz CT molecular complexity index is 696. The Hall–Kier alpha value is -2.50. The highest BCUT2D eigenvalue weighted by Crippen LogP contribution is 2.25. The number of ether oxygens (including phenoxy) is 2. The maximum Gasteiger partial charge on any atom is 0.412 e. The molecule has 0 bridgehead atoms. The number of carbonyl (C=O) groups is 2. The van der Waals surface area contributed by atoms with Gasteiger partial charge in [0.05, 0.1) is 6.61 Å². The van der Waals surface area contributed by atoms with Crippen molar-refractivity contribution in [2.24, 2.45) is 0 Å². The second-order valence-corrected chi connectivity index (χ2v) is 5.71. The number of esters is 1. The monoisotopic (exact) mass is 305 g/mol. The first-order valence-corrected chi connectivity index (χ1v) is 6.98. The van der Waals surface area contributed by atoms with Crippen molar-refractivity contribution >= 4 is 28.7 Å². The second kappa shape index (κ2) is 6.09. The van der Waals surface area contributed by atoms with E-state index < -0.39 is 17.7 Å². The third-order valence-electron chi connectivity index (χ3n) is 2.72. The van der Waals surface area contributed by atoms with Crippen LogP contribution in [0, 0.1) is 0 Å². The predicted molar refractivity (Wildman–Crippen MR) is 82.0 cm³/mol. The van der Waals surface area contributed by atoms with Gasteiger partial charge >= 0.3 is 12.1 Å². The van der Waals surface area contributed by atoms with Crippen molar-refractivity contribution in [2.75, 3.05) is 11.9 Å². The number of anilines is 1. The van der Waals surface area contributed by atoms with Gasteiger partial charge in [-0.15, -0.1) is 0 Å². The maximum atomic E-state index is 11.8. The Morgan fingerprint density at radius 2 is 2.00 bits per heavy atom. The van der Waals surface area contributed by atoms with E-state index in [1.165, 1.54) is 6.26 Å². The zero-order chi connectivity index (χ0) is 16.3. The van der Waals surface area contributed by atoms with Gasteiger partial charge in [0.25, 0.3) is 0 Å². The largest absolute Gasteiger partial charge is 0.463 e. The fraction of sp³-hybridized carbons (Fsp3) is 0.375. The molecule has 0 saturated carbocycles. The molecule has 0 saturated heterocycles. The van der Waals surface area contributed by atoms with Crippen LogP contribution < -0.4 is 5.32 Å². The summed E-state index contributed by atoms with van der Waals surface area (Å²) in [6, 6.07) is 4.99. The fourth-order valence-electron chi connectivity index (χ4n) is 1.89. The molecule has 1 heterocycles. The molecule has 0 radical (unpaired) electrons. The van der Waals surface area contributed by atoms with Crippen LogP contribution in [-0.2, 0) is 9.47 Å². The summed E-state index contributed by atoms with van der Waals surface area (Å²) in [4.78, 5) is 23.5. The highest BCUT2D eigenvalue weighted by Gasteiger charge is 2.18. The van der Waals surface area contributed by atoms with Crippen molar-refractivity contribution in [1.29, 1.82) is 0 Å². The van der Waals surface area contributed by atoms with Gasteiger partial charge < -0.3 is 13.9 Å². The number of rotatable bonds is 3. The molecule has 118 valence electrons.